The van der Waals surface area contributed by atoms with Gasteiger partial charge in [0.2, 0.25) is 0 Å². The lowest BCUT2D eigenvalue weighted by molar-refractivity contribution is 0.441. The Bertz CT molecular complexity index is 1080. The summed E-state index contributed by atoms with van der Waals surface area (Å²) in [5.41, 5.74) is 2.89. The first-order valence-electron chi connectivity index (χ1n) is 7.46. The van der Waals surface area contributed by atoms with Crippen molar-refractivity contribution in [1.29, 1.82) is 0 Å². The van der Waals surface area contributed by atoms with E-state index in [0.717, 1.165) is 16.8 Å². The van der Waals surface area contributed by atoms with Crippen molar-refractivity contribution in [2.24, 2.45) is 7.05 Å². The summed E-state index contributed by atoms with van der Waals surface area (Å²) in [6.45, 7) is 0. The maximum absolute atomic E-state index is 12.9. The SMILES string of the molecule is Cn1c(-c2ccc(Cl)cc2)cc2noc(-c3ccccc3)c2c1=O. The molecule has 0 unspecified atom stereocenters. The number of hydrogen-bond acceptors (Lipinski definition) is 3. The van der Waals surface area contributed by atoms with E-state index >= 15 is 0 Å². The van der Waals surface area contributed by atoms with Crippen molar-refractivity contribution in [2.45, 2.75) is 0 Å². The Balaban J connectivity index is 1.97. The Morgan fingerprint density at radius 1 is 1.00 bits per heavy atom. The Labute approximate surface area is 142 Å². The van der Waals surface area contributed by atoms with Gasteiger partial charge in [0, 0.05) is 17.6 Å². The van der Waals surface area contributed by atoms with Crippen molar-refractivity contribution in [3.8, 4) is 22.6 Å². The fourth-order valence-corrected chi connectivity index (χ4v) is 2.92. The summed E-state index contributed by atoms with van der Waals surface area (Å²) < 4.78 is 7.07. The molecule has 4 rings (SSSR count). The summed E-state index contributed by atoms with van der Waals surface area (Å²) in [4.78, 5) is 12.9. The zero-order valence-corrected chi connectivity index (χ0v) is 13.6. The average Bonchev–Trinajstić information content (AvgIpc) is 3.04. The first kappa shape index (κ1) is 14.7. The van der Waals surface area contributed by atoms with E-state index < -0.39 is 0 Å². The van der Waals surface area contributed by atoms with Crippen LogP contribution < -0.4 is 5.56 Å². The van der Waals surface area contributed by atoms with E-state index in [4.69, 9.17) is 16.1 Å². The molecule has 0 saturated heterocycles. The van der Waals surface area contributed by atoms with Crippen LogP contribution in [0, 0.1) is 0 Å². The Hall–Kier alpha value is -2.85. The van der Waals surface area contributed by atoms with E-state index in [1.54, 1.807) is 23.7 Å². The van der Waals surface area contributed by atoms with Gasteiger partial charge >= 0.3 is 0 Å². The average molecular weight is 337 g/mol. The third-order valence-electron chi connectivity index (χ3n) is 4.05. The van der Waals surface area contributed by atoms with Crippen LogP contribution in [0.5, 0.6) is 0 Å². The Kier molecular flexibility index (Phi) is 3.47. The summed E-state index contributed by atoms with van der Waals surface area (Å²) >= 11 is 5.94. The monoisotopic (exact) mass is 336 g/mol. The van der Waals surface area contributed by atoms with Gasteiger partial charge in [-0.25, -0.2) is 0 Å². The lowest BCUT2D eigenvalue weighted by Gasteiger charge is -2.08. The fraction of sp³-hybridized carbons (Fsp3) is 0.0526. The quantitative estimate of drug-likeness (QED) is 0.541. The van der Waals surface area contributed by atoms with Gasteiger partial charge in [0.05, 0.1) is 5.69 Å². The van der Waals surface area contributed by atoms with E-state index in [-0.39, 0.29) is 5.56 Å². The maximum Gasteiger partial charge on any atom is 0.264 e. The van der Waals surface area contributed by atoms with Gasteiger partial charge in [-0.05, 0) is 23.8 Å². The topological polar surface area (TPSA) is 48.0 Å². The molecule has 0 aliphatic rings. The highest BCUT2D eigenvalue weighted by atomic mass is 35.5. The van der Waals surface area contributed by atoms with Crippen molar-refractivity contribution in [2.75, 3.05) is 0 Å². The van der Waals surface area contributed by atoms with Crippen LogP contribution in [0.25, 0.3) is 33.5 Å². The van der Waals surface area contributed by atoms with Gasteiger partial charge in [-0.3, -0.25) is 4.79 Å². The first-order valence-corrected chi connectivity index (χ1v) is 7.84. The van der Waals surface area contributed by atoms with Crippen LogP contribution in [0.4, 0.5) is 0 Å². The lowest BCUT2D eigenvalue weighted by atomic mass is 10.1. The Morgan fingerprint density at radius 3 is 2.42 bits per heavy atom. The third-order valence-corrected chi connectivity index (χ3v) is 4.30. The smallest absolute Gasteiger partial charge is 0.264 e. The summed E-state index contributed by atoms with van der Waals surface area (Å²) in [7, 11) is 1.74. The van der Waals surface area contributed by atoms with Crippen LogP contribution in [-0.2, 0) is 7.05 Å². The van der Waals surface area contributed by atoms with Gasteiger partial charge in [0.15, 0.2) is 5.76 Å². The second-order valence-electron chi connectivity index (χ2n) is 5.54. The predicted molar refractivity (Wildman–Crippen MR) is 95.1 cm³/mol. The van der Waals surface area contributed by atoms with Gasteiger partial charge < -0.3 is 9.09 Å². The summed E-state index contributed by atoms with van der Waals surface area (Å²) in [6, 6.07) is 18.7. The van der Waals surface area contributed by atoms with E-state index in [1.165, 1.54) is 0 Å². The van der Waals surface area contributed by atoms with Gasteiger partial charge in [-0.15, -0.1) is 0 Å². The summed E-state index contributed by atoms with van der Waals surface area (Å²) in [5.74, 6) is 0.494. The minimum absolute atomic E-state index is 0.141. The van der Waals surface area contributed by atoms with E-state index in [0.29, 0.717) is 21.7 Å². The molecule has 5 heteroatoms. The molecule has 24 heavy (non-hydrogen) atoms. The predicted octanol–water partition coefficient (Wildman–Crippen LogP) is 4.51. The summed E-state index contributed by atoms with van der Waals surface area (Å²) in [6.07, 6.45) is 0. The zero-order valence-electron chi connectivity index (χ0n) is 12.9. The van der Waals surface area contributed by atoms with Crippen LogP contribution in [-0.4, -0.2) is 9.72 Å². The molecule has 0 bridgehead atoms. The number of nitrogens with zero attached hydrogens (tertiary/aromatic N) is 2. The molecule has 0 atom stereocenters. The molecule has 118 valence electrons. The highest BCUT2D eigenvalue weighted by Crippen LogP contribution is 2.29. The van der Waals surface area contributed by atoms with Crippen LogP contribution in [0.1, 0.15) is 0 Å². The van der Waals surface area contributed by atoms with Gasteiger partial charge in [-0.1, -0.05) is 59.2 Å². The molecule has 2 aromatic carbocycles. The molecule has 0 fully saturated rings. The molecule has 0 radical (unpaired) electrons. The van der Waals surface area contributed by atoms with Gasteiger partial charge in [0.25, 0.3) is 5.56 Å². The van der Waals surface area contributed by atoms with E-state index in [1.807, 2.05) is 48.5 Å². The van der Waals surface area contributed by atoms with Crippen LogP contribution in [0.2, 0.25) is 5.02 Å². The molecule has 0 spiro atoms. The second-order valence-corrected chi connectivity index (χ2v) is 5.98. The molecule has 2 aromatic heterocycles. The Morgan fingerprint density at radius 2 is 1.71 bits per heavy atom. The van der Waals surface area contributed by atoms with Gasteiger partial charge in [-0.2, -0.15) is 0 Å². The van der Waals surface area contributed by atoms with E-state index in [9.17, 15) is 4.79 Å². The largest absolute Gasteiger partial charge is 0.355 e. The molecule has 4 nitrogen and oxygen atoms in total. The number of aromatic nitrogens is 2. The molecule has 0 aliphatic carbocycles. The van der Waals surface area contributed by atoms with Crippen LogP contribution >= 0.6 is 11.6 Å². The van der Waals surface area contributed by atoms with Gasteiger partial charge in [0.1, 0.15) is 10.9 Å². The lowest BCUT2D eigenvalue weighted by Crippen LogP contribution is -2.18. The number of rotatable bonds is 2. The second kappa shape index (κ2) is 5.65. The number of benzene rings is 2. The van der Waals surface area contributed by atoms with E-state index in [2.05, 4.69) is 5.16 Å². The molecule has 4 aromatic rings. The first-order chi connectivity index (χ1) is 11.6. The standard InChI is InChI=1S/C19H13ClN2O2/c1-22-16(12-7-9-14(20)10-8-12)11-15-17(19(22)23)18(24-21-15)13-5-3-2-4-6-13/h2-11H,1H3. The molecule has 0 saturated carbocycles. The molecular weight excluding hydrogens is 324 g/mol. The number of hydrogen-bond donors (Lipinski definition) is 0. The number of halogens is 1. The van der Waals surface area contributed by atoms with Crippen molar-refractivity contribution in [3.05, 3.63) is 76.0 Å². The van der Waals surface area contributed by atoms with Crippen molar-refractivity contribution in [1.82, 2.24) is 9.72 Å². The maximum atomic E-state index is 12.9. The highest BCUT2D eigenvalue weighted by Gasteiger charge is 2.17. The number of pyridine rings is 1. The zero-order chi connectivity index (χ0) is 16.7. The highest BCUT2D eigenvalue weighted by molar-refractivity contribution is 6.30. The normalized spacial score (nSPS) is 11.1. The van der Waals surface area contributed by atoms with Crippen molar-refractivity contribution >= 4 is 22.5 Å². The molecule has 0 aliphatic heterocycles. The summed E-state index contributed by atoms with van der Waals surface area (Å²) in [5, 5.41) is 5.22. The molecule has 2 heterocycles. The molecule has 0 N–H and O–H groups in total. The number of fused-ring (bicyclic) bond motifs is 1. The van der Waals surface area contributed by atoms with Crippen molar-refractivity contribution < 1.29 is 4.52 Å². The fourth-order valence-electron chi connectivity index (χ4n) is 2.80. The van der Waals surface area contributed by atoms with Crippen LogP contribution in [0.3, 0.4) is 0 Å². The van der Waals surface area contributed by atoms with Crippen molar-refractivity contribution in [3.63, 3.8) is 0 Å². The van der Waals surface area contributed by atoms with Crippen LogP contribution in [0.15, 0.2) is 70.0 Å². The molecule has 0 amide bonds. The third kappa shape index (κ3) is 2.32. The minimum atomic E-state index is -0.141. The molecular formula is C19H13ClN2O2. The minimum Gasteiger partial charge on any atom is -0.355 e.